The molecule has 1 aromatic heterocycles. The predicted octanol–water partition coefficient (Wildman–Crippen LogP) is 5.75. The monoisotopic (exact) mass is 473 g/mol. The minimum Gasteiger partial charge on any atom is -0.481 e. The summed E-state index contributed by atoms with van der Waals surface area (Å²) in [5.74, 6) is -2.31. The smallest absolute Gasteiger partial charge is 0.416 e. The van der Waals surface area contributed by atoms with E-state index in [1.54, 1.807) is 30.3 Å². The van der Waals surface area contributed by atoms with Crippen molar-refractivity contribution in [3.63, 3.8) is 0 Å². The van der Waals surface area contributed by atoms with Crippen LogP contribution >= 0.6 is 0 Å². The fourth-order valence-corrected chi connectivity index (χ4v) is 5.26. The molecule has 0 saturated heterocycles. The molecule has 0 bridgehead atoms. The first kappa shape index (κ1) is 22.6. The van der Waals surface area contributed by atoms with Crippen molar-refractivity contribution < 1.29 is 31.5 Å². The number of nitrogens with zero attached hydrogens (tertiary/aromatic N) is 1. The third-order valence-corrected chi connectivity index (χ3v) is 7.18. The minimum atomic E-state index is -4.45. The highest BCUT2D eigenvalue weighted by Crippen LogP contribution is 2.34. The molecule has 5 nitrogen and oxygen atoms in total. The molecule has 1 atom stereocenters. The summed E-state index contributed by atoms with van der Waals surface area (Å²) in [4.78, 5) is 11.7. The van der Waals surface area contributed by atoms with Gasteiger partial charge in [-0.1, -0.05) is 36.4 Å². The molecule has 0 aliphatic heterocycles. The highest BCUT2D eigenvalue weighted by atomic mass is 32.2. The van der Waals surface area contributed by atoms with E-state index < -0.39 is 33.7 Å². The van der Waals surface area contributed by atoms with E-state index in [1.165, 1.54) is 43.3 Å². The molecule has 9 heteroatoms. The summed E-state index contributed by atoms with van der Waals surface area (Å²) >= 11 is 0. The Hall–Kier alpha value is -3.59. The van der Waals surface area contributed by atoms with Gasteiger partial charge < -0.3 is 5.11 Å². The van der Waals surface area contributed by atoms with Crippen LogP contribution < -0.4 is 0 Å². The molecule has 0 spiro atoms. The first-order chi connectivity index (χ1) is 15.5. The topological polar surface area (TPSA) is 76.4 Å². The quantitative estimate of drug-likeness (QED) is 0.400. The summed E-state index contributed by atoms with van der Waals surface area (Å²) in [6.07, 6.45) is -4.45. The second-order valence-electron chi connectivity index (χ2n) is 7.56. The molecular weight excluding hydrogens is 455 g/mol. The highest BCUT2D eigenvalue weighted by molar-refractivity contribution is 7.90. The third kappa shape index (κ3) is 4.11. The Labute approximate surface area is 187 Å². The number of aliphatic carboxylic acids is 1. The van der Waals surface area contributed by atoms with Gasteiger partial charge in [-0.3, -0.25) is 4.79 Å². The maximum Gasteiger partial charge on any atom is 0.416 e. The van der Waals surface area contributed by atoms with Gasteiger partial charge in [0.05, 0.1) is 21.9 Å². The van der Waals surface area contributed by atoms with E-state index in [4.69, 9.17) is 0 Å². The second-order valence-corrected chi connectivity index (χ2v) is 9.35. The Bertz CT molecular complexity index is 1440. The average Bonchev–Trinajstić information content (AvgIpc) is 3.18. The van der Waals surface area contributed by atoms with Crippen LogP contribution in [0.4, 0.5) is 13.2 Å². The van der Waals surface area contributed by atoms with E-state index in [0.29, 0.717) is 16.5 Å². The Kier molecular flexibility index (Phi) is 5.53. The molecule has 1 unspecified atom stereocenters. The maximum atomic E-state index is 13.4. The maximum absolute atomic E-state index is 13.4. The lowest BCUT2D eigenvalue weighted by Crippen LogP contribution is -2.19. The van der Waals surface area contributed by atoms with Crippen molar-refractivity contribution in [2.45, 2.75) is 23.9 Å². The molecule has 1 heterocycles. The predicted molar refractivity (Wildman–Crippen MR) is 117 cm³/mol. The lowest BCUT2D eigenvalue weighted by Gasteiger charge is -2.14. The van der Waals surface area contributed by atoms with Gasteiger partial charge in [-0.2, -0.15) is 13.2 Å². The molecule has 4 aromatic rings. The zero-order valence-corrected chi connectivity index (χ0v) is 18.1. The molecule has 0 amide bonds. The van der Waals surface area contributed by atoms with Gasteiger partial charge in [0, 0.05) is 11.1 Å². The standard InChI is InChI=1S/C24H18F3NO4S/c1-15(23(29)30)22-14-18-13-17(16-7-10-19(11-8-16)24(25,26)27)9-12-21(18)28(22)33(31,32)20-5-3-2-4-6-20/h2-15H,1H3,(H,29,30). The number of fused-ring (bicyclic) bond motifs is 1. The molecule has 0 fully saturated rings. The van der Waals surface area contributed by atoms with Crippen molar-refractivity contribution in [1.82, 2.24) is 3.97 Å². The summed E-state index contributed by atoms with van der Waals surface area (Å²) < 4.78 is 66.4. The Morgan fingerprint density at radius 1 is 0.909 bits per heavy atom. The number of halogens is 3. The number of alkyl halides is 3. The summed E-state index contributed by atoms with van der Waals surface area (Å²) in [5.41, 5.74) is 0.657. The zero-order valence-electron chi connectivity index (χ0n) is 17.2. The SMILES string of the molecule is CC(C(=O)O)c1cc2cc(-c3ccc(C(F)(F)F)cc3)ccc2n1S(=O)(=O)c1ccccc1. The van der Waals surface area contributed by atoms with Gasteiger partial charge in [-0.05, 0) is 60.5 Å². The fraction of sp³-hybridized carbons (Fsp3) is 0.125. The van der Waals surface area contributed by atoms with Crippen molar-refractivity contribution in [3.05, 3.63) is 90.1 Å². The van der Waals surface area contributed by atoms with Crippen molar-refractivity contribution in [3.8, 4) is 11.1 Å². The fourth-order valence-electron chi connectivity index (χ4n) is 3.64. The van der Waals surface area contributed by atoms with Crippen LogP contribution in [0.5, 0.6) is 0 Å². The highest BCUT2D eigenvalue weighted by Gasteiger charge is 2.30. The first-order valence-corrected chi connectivity index (χ1v) is 11.3. The molecule has 33 heavy (non-hydrogen) atoms. The van der Waals surface area contributed by atoms with Crippen molar-refractivity contribution >= 4 is 26.9 Å². The van der Waals surface area contributed by atoms with Gasteiger partial charge in [-0.15, -0.1) is 0 Å². The molecule has 1 N–H and O–H groups in total. The van der Waals surface area contributed by atoms with Crippen molar-refractivity contribution in [2.75, 3.05) is 0 Å². The molecule has 0 aliphatic carbocycles. The molecule has 0 aliphatic rings. The van der Waals surface area contributed by atoms with Gasteiger partial charge in [0.15, 0.2) is 0 Å². The van der Waals surface area contributed by atoms with Gasteiger partial charge in [0.1, 0.15) is 0 Å². The van der Waals surface area contributed by atoms with Crippen LogP contribution in [0, 0.1) is 0 Å². The Balaban J connectivity index is 1.90. The molecular formula is C24H18F3NO4S. The van der Waals surface area contributed by atoms with E-state index in [-0.39, 0.29) is 16.1 Å². The van der Waals surface area contributed by atoms with E-state index in [0.717, 1.165) is 16.1 Å². The largest absolute Gasteiger partial charge is 0.481 e. The summed E-state index contributed by atoms with van der Waals surface area (Å²) in [7, 11) is -4.10. The normalized spacial score (nSPS) is 13.2. The van der Waals surface area contributed by atoms with Gasteiger partial charge >= 0.3 is 12.1 Å². The van der Waals surface area contributed by atoms with Gasteiger partial charge in [-0.25, -0.2) is 12.4 Å². The van der Waals surface area contributed by atoms with E-state index >= 15 is 0 Å². The summed E-state index contributed by atoms with van der Waals surface area (Å²) in [6, 6.07) is 18.5. The summed E-state index contributed by atoms with van der Waals surface area (Å²) in [5, 5.41) is 10.00. The van der Waals surface area contributed by atoms with Crippen LogP contribution in [0.1, 0.15) is 24.1 Å². The average molecular weight is 473 g/mol. The van der Waals surface area contributed by atoms with Gasteiger partial charge in [0.25, 0.3) is 10.0 Å². The number of benzene rings is 3. The number of rotatable bonds is 5. The van der Waals surface area contributed by atoms with Crippen LogP contribution in [0.15, 0.2) is 83.8 Å². The number of hydrogen-bond acceptors (Lipinski definition) is 3. The number of carboxylic acids is 1. The van der Waals surface area contributed by atoms with E-state index in [2.05, 4.69) is 0 Å². The van der Waals surface area contributed by atoms with Crippen LogP contribution in [0.25, 0.3) is 22.0 Å². The number of aromatic nitrogens is 1. The first-order valence-electron chi connectivity index (χ1n) is 9.86. The molecule has 3 aromatic carbocycles. The van der Waals surface area contributed by atoms with Crippen LogP contribution in [-0.2, 0) is 21.0 Å². The van der Waals surface area contributed by atoms with Crippen molar-refractivity contribution in [1.29, 1.82) is 0 Å². The number of hydrogen-bond donors (Lipinski definition) is 1. The van der Waals surface area contributed by atoms with Crippen LogP contribution in [0.2, 0.25) is 0 Å². The number of carbonyl (C=O) groups is 1. The molecule has 0 saturated carbocycles. The van der Waals surface area contributed by atoms with Gasteiger partial charge in [0.2, 0.25) is 0 Å². The molecule has 0 radical (unpaired) electrons. The molecule has 170 valence electrons. The second kappa shape index (κ2) is 8.08. The lowest BCUT2D eigenvalue weighted by atomic mass is 10.0. The van der Waals surface area contributed by atoms with E-state index in [9.17, 15) is 31.5 Å². The number of carboxylic acid groups (broad SMARTS) is 1. The zero-order chi connectivity index (χ0) is 24.0. The molecule has 4 rings (SSSR count). The van der Waals surface area contributed by atoms with Crippen LogP contribution in [0.3, 0.4) is 0 Å². The Morgan fingerprint density at radius 3 is 2.09 bits per heavy atom. The van der Waals surface area contributed by atoms with E-state index in [1.807, 2.05) is 0 Å². The minimum absolute atomic E-state index is 0.00755. The summed E-state index contributed by atoms with van der Waals surface area (Å²) in [6.45, 7) is 1.39. The van der Waals surface area contributed by atoms with Crippen LogP contribution in [-0.4, -0.2) is 23.5 Å². The Morgan fingerprint density at radius 2 is 1.52 bits per heavy atom. The third-order valence-electron chi connectivity index (χ3n) is 5.43. The van der Waals surface area contributed by atoms with Crippen molar-refractivity contribution in [2.24, 2.45) is 0 Å². The lowest BCUT2D eigenvalue weighted by molar-refractivity contribution is -0.139.